The van der Waals surface area contributed by atoms with Crippen LogP contribution < -0.4 is 4.90 Å². The Morgan fingerprint density at radius 2 is 2.22 bits per heavy atom. The number of nitrogens with zero attached hydrogens (tertiary/aromatic N) is 3. The quantitative estimate of drug-likeness (QED) is 0.821. The third kappa shape index (κ3) is 4.51. The van der Waals surface area contributed by atoms with Crippen LogP contribution in [0.3, 0.4) is 0 Å². The number of thiazole rings is 1. The highest BCUT2D eigenvalue weighted by Crippen LogP contribution is 2.31. The van der Waals surface area contributed by atoms with Crippen molar-refractivity contribution in [3.8, 4) is 0 Å². The van der Waals surface area contributed by atoms with Gasteiger partial charge in [-0.3, -0.25) is 14.7 Å². The zero-order valence-corrected chi connectivity index (χ0v) is 17.1. The van der Waals surface area contributed by atoms with Crippen LogP contribution >= 0.6 is 11.3 Å². The maximum atomic E-state index is 12.6. The van der Waals surface area contributed by atoms with Gasteiger partial charge in [-0.05, 0) is 31.1 Å². The van der Waals surface area contributed by atoms with Gasteiger partial charge in [-0.15, -0.1) is 0 Å². The first-order chi connectivity index (χ1) is 12.8. The summed E-state index contributed by atoms with van der Waals surface area (Å²) in [6.07, 6.45) is 10.4. The summed E-state index contributed by atoms with van der Waals surface area (Å²) in [5.41, 5.74) is 2.54. The van der Waals surface area contributed by atoms with Crippen LogP contribution in [0.4, 0.5) is 5.13 Å². The SMILES string of the molecule is Cc1nc(N(C)C(=O)CC2=CCC(c3ccccn3)C=C2)sc1S(C)(=N)=O. The van der Waals surface area contributed by atoms with E-state index in [-0.39, 0.29) is 18.2 Å². The highest BCUT2D eigenvalue weighted by Gasteiger charge is 2.21. The van der Waals surface area contributed by atoms with Crippen molar-refractivity contribution in [2.45, 2.75) is 29.9 Å². The van der Waals surface area contributed by atoms with Crippen LogP contribution in [0.2, 0.25) is 0 Å². The molecule has 3 rings (SSSR count). The molecule has 1 N–H and O–H groups in total. The van der Waals surface area contributed by atoms with Gasteiger partial charge in [0, 0.05) is 31.1 Å². The lowest BCUT2D eigenvalue weighted by molar-refractivity contribution is -0.117. The van der Waals surface area contributed by atoms with E-state index in [4.69, 9.17) is 4.78 Å². The molecule has 0 spiro atoms. The molecule has 8 heteroatoms. The lowest BCUT2D eigenvalue weighted by Crippen LogP contribution is -2.26. The fourth-order valence-electron chi connectivity index (χ4n) is 2.88. The molecule has 1 aliphatic carbocycles. The molecule has 142 valence electrons. The molecule has 0 saturated carbocycles. The van der Waals surface area contributed by atoms with E-state index in [1.165, 1.54) is 11.2 Å². The molecule has 0 aromatic carbocycles. The lowest BCUT2D eigenvalue weighted by atomic mass is 9.92. The van der Waals surface area contributed by atoms with Crippen molar-refractivity contribution in [1.29, 1.82) is 4.78 Å². The Morgan fingerprint density at radius 1 is 1.44 bits per heavy atom. The van der Waals surface area contributed by atoms with E-state index in [1.807, 2.05) is 24.3 Å². The Bertz CT molecular complexity index is 1010. The number of hydrogen-bond donors (Lipinski definition) is 1. The number of nitrogens with one attached hydrogen (secondary N) is 1. The number of aromatic nitrogens is 2. The number of aryl methyl sites for hydroxylation is 1. The molecule has 1 aliphatic rings. The Balaban J connectivity index is 1.66. The predicted molar refractivity (Wildman–Crippen MR) is 109 cm³/mol. The van der Waals surface area contributed by atoms with Crippen molar-refractivity contribution in [1.82, 2.24) is 9.97 Å². The van der Waals surface area contributed by atoms with Crippen molar-refractivity contribution in [2.75, 3.05) is 18.2 Å². The van der Waals surface area contributed by atoms with Crippen molar-refractivity contribution in [3.63, 3.8) is 0 Å². The molecular weight excluding hydrogens is 380 g/mol. The highest BCUT2D eigenvalue weighted by atomic mass is 32.2. The first-order valence-electron chi connectivity index (χ1n) is 8.51. The number of hydrogen-bond acceptors (Lipinski definition) is 6. The van der Waals surface area contributed by atoms with Crippen LogP contribution in [0.25, 0.3) is 0 Å². The second-order valence-electron chi connectivity index (χ2n) is 6.58. The van der Waals surface area contributed by atoms with Crippen LogP contribution in [0.5, 0.6) is 0 Å². The summed E-state index contributed by atoms with van der Waals surface area (Å²) in [6, 6.07) is 5.88. The van der Waals surface area contributed by atoms with Crippen molar-refractivity contribution < 1.29 is 9.00 Å². The smallest absolute Gasteiger partial charge is 0.232 e. The minimum Gasteiger partial charge on any atom is -0.291 e. The van der Waals surface area contributed by atoms with Gasteiger partial charge in [0.2, 0.25) is 5.91 Å². The second kappa shape index (κ2) is 7.74. The Kier molecular flexibility index (Phi) is 5.57. The summed E-state index contributed by atoms with van der Waals surface area (Å²) in [6.45, 7) is 1.72. The number of rotatable bonds is 5. The summed E-state index contributed by atoms with van der Waals surface area (Å²) in [5, 5.41) is 0.473. The fraction of sp³-hybridized carbons (Fsp3) is 0.316. The first-order valence-corrected chi connectivity index (χ1v) is 11.3. The predicted octanol–water partition coefficient (Wildman–Crippen LogP) is 3.90. The summed E-state index contributed by atoms with van der Waals surface area (Å²) in [5.74, 6) is 0.150. The van der Waals surface area contributed by atoms with E-state index in [9.17, 15) is 9.00 Å². The van der Waals surface area contributed by atoms with Crippen molar-refractivity contribution in [2.24, 2.45) is 0 Å². The minimum absolute atomic E-state index is 0.0879. The summed E-state index contributed by atoms with van der Waals surface area (Å²) >= 11 is 1.15. The molecule has 2 aromatic rings. The Labute approximate surface area is 163 Å². The summed E-state index contributed by atoms with van der Waals surface area (Å²) in [7, 11) is -1.18. The maximum Gasteiger partial charge on any atom is 0.232 e. The number of carbonyl (C=O) groups excluding carboxylic acids is 1. The van der Waals surface area contributed by atoms with Gasteiger partial charge < -0.3 is 0 Å². The minimum atomic E-state index is -2.84. The number of amides is 1. The second-order valence-corrected chi connectivity index (χ2v) is 9.91. The fourth-order valence-corrected chi connectivity index (χ4v) is 5.13. The van der Waals surface area contributed by atoms with Gasteiger partial charge in [0.1, 0.15) is 4.21 Å². The molecule has 6 nitrogen and oxygen atoms in total. The van der Waals surface area contributed by atoms with E-state index < -0.39 is 9.73 Å². The van der Waals surface area contributed by atoms with E-state index in [0.717, 1.165) is 29.0 Å². The van der Waals surface area contributed by atoms with Crippen LogP contribution in [0.15, 0.2) is 52.4 Å². The highest BCUT2D eigenvalue weighted by molar-refractivity contribution is 7.93. The molecule has 27 heavy (non-hydrogen) atoms. The molecule has 2 unspecified atom stereocenters. The Hall–Kier alpha value is -2.32. The lowest BCUT2D eigenvalue weighted by Gasteiger charge is -2.18. The van der Waals surface area contributed by atoms with Crippen LogP contribution in [0.1, 0.15) is 30.1 Å². The molecule has 0 bridgehead atoms. The van der Waals surface area contributed by atoms with E-state index in [2.05, 4.69) is 22.1 Å². The molecule has 2 aromatic heterocycles. The van der Waals surface area contributed by atoms with Crippen LogP contribution in [-0.4, -0.2) is 33.4 Å². The van der Waals surface area contributed by atoms with Gasteiger partial charge in [-0.1, -0.05) is 35.6 Å². The third-order valence-electron chi connectivity index (χ3n) is 4.36. The van der Waals surface area contributed by atoms with Gasteiger partial charge in [-0.2, -0.15) is 0 Å². The molecule has 0 radical (unpaired) electrons. The normalized spacial score (nSPS) is 18.6. The van der Waals surface area contributed by atoms with Gasteiger partial charge >= 0.3 is 0 Å². The number of allylic oxidation sites excluding steroid dienone is 3. The molecule has 0 saturated heterocycles. The Morgan fingerprint density at radius 3 is 2.78 bits per heavy atom. The van der Waals surface area contributed by atoms with Gasteiger partial charge in [0.15, 0.2) is 5.13 Å². The van der Waals surface area contributed by atoms with Gasteiger partial charge in [0.25, 0.3) is 0 Å². The van der Waals surface area contributed by atoms with Crippen molar-refractivity contribution >= 4 is 32.1 Å². The average Bonchev–Trinajstić information content (AvgIpc) is 3.04. The van der Waals surface area contributed by atoms with Gasteiger partial charge in [-0.25, -0.2) is 14.0 Å². The third-order valence-corrected chi connectivity index (χ3v) is 7.59. The zero-order valence-electron chi connectivity index (χ0n) is 15.5. The molecule has 0 aliphatic heterocycles. The monoisotopic (exact) mass is 402 g/mol. The maximum absolute atomic E-state index is 12.6. The van der Waals surface area contributed by atoms with Crippen LogP contribution in [-0.2, 0) is 14.5 Å². The summed E-state index contributed by atoms with van der Waals surface area (Å²) in [4.78, 5) is 22.8. The number of pyridine rings is 1. The zero-order chi connectivity index (χ0) is 19.6. The summed E-state index contributed by atoms with van der Waals surface area (Å²) < 4.78 is 20.2. The van der Waals surface area contributed by atoms with Crippen LogP contribution in [0, 0.1) is 11.7 Å². The molecule has 2 atom stereocenters. The topological polar surface area (TPSA) is 87.0 Å². The molecular formula is C19H22N4O2S2. The molecule has 1 amide bonds. The van der Waals surface area contributed by atoms with E-state index in [1.54, 1.807) is 20.2 Å². The van der Waals surface area contributed by atoms with E-state index in [0.29, 0.717) is 15.0 Å². The standard InChI is InChI=1S/C19H22N4O2S2/c1-13-18(27(3,20)25)26-19(22-13)23(2)17(24)12-14-7-9-15(10-8-14)16-6-4-5-11-21-16/h4-9,11,15,20H,10,12H2,1-3H3. The average molecular weight is 403 g/mol. The van der Waals surface area contributed by atoms with Gasteiger partial charge in [0.05, 0.1) is 21.8 Å². The molecule has 2 heterocycles. The largest absolute Gasteiger partial charge is 0.291 e. The number of anilines is 1. The van der Waals surface area contributed by atoms with Crippen molar-refractivity contribution in [3.05, 3.63) is 59.6 Å². The van der Waals surface area contributed by atoms with E-state index >= 15 is 0 Å². The number of carbonyl (C=O) groups is 1. The first kappa shape index (κ1) is 19.4. The molecule has 0 fully saturated rings.